The highest BCUT2D eigenvalue weighted by Crippen LogP contribution is 2.04. The molecule has 0 aliphatic heterocycles. The van der Waals surface area contributed by atoms with Gasteiger partial charge in [-0.2, -0.15) is 0 Å². The van der Waals surface area contributed by atoms with Crippen molar-refractivity contribution in [3.8, 4) is 0 Å². The maximum atomic E-state index is 11.3. The minimum atomic E-state index is -0.738. The van der Waals surface area contributed by atoms with Crippen molar-refractivity contribution in [1.29, 1.82) is 0 Å². The number of carboxylic acid groups (broad SMARTS) is 1. The molecule has 1 aromatic rings. The van der Waals surface area contributed by atoms with Crippen LogP contribution in [0.3, 0.4) is 0 Å². The fourth-order valence-electron chi connectivity index (χ4n) is 1.74. The van der Waals surface area contributed by atoms with E-state index >= 15 is 0 Å². The molecule has 0 saturated heterocycles. The molecular weight excluding hydrogens is 246 g/mol. The molecule has 0 amide bonds. The van der Waals surface area contributed by atoms with Gasteiger partial charge in [-0.05, 0) is 12.8 Å². The first-order valence-electron chi connectivity index (χ1n) is 6.67. The van der Waals surface area contributed by atoms with Gasteiger partial charge < -0.3 is 15.4 Å². The van der Waals surface area contributed by atoms with Crippen LogP contribution >= 0.6 is 0 Å². The van der Waals surface area contributed by atoms with Crippen molar-refractivity contribution in [1.82, 2.24) is 9.97 Å². The number of rotatable bonds is 9. The van der Waals surface area contributed by atoms with Gasteiger partial charge in [0, 0.05) is 25.5 Å². The average Bonchev–Trinajstić information content (AvgIpc) is 2.36. The van der Waals surface area contributed by atoms with E-state index in [9.17, 15) is 9.59 Å². The van der Waals surface area contributed by atoms with E-state index in [1.165, 1.54) is 6.07 Å². The molecule has 0 radical (unpaired) electrons. The summed E-state index contributed by atoms with van der Waals surface area (Å²) in [6, 6.07) is 1.45. The summed E-state index contributed by atoms with van der Waals surface area (Å²) in [5.41, 5.74) is -0.143. The smallest absolute Gasteiger partial charge is 0.303 e. The first-order chi connectivity index (χ1) is 9.11. The maximum absolute atomic E-state index is 11.3. The molecular formula is C13H21N3O3. The summed E-state index contributed by atoms with van der Waals surface area (Å²) in [4.78, 5) is 28.6. The fraction of sp³-hybridized carbons (Fsp3) is 0.615. The Morgan fingerprint density at radius 3 is 2.79 bits per heavy atom. The van der Waals surface area contributed by atoms with Crippen molar-refractivity contribution in [2.45, 2.75) is 45.4 Å². The highest BCUT2D eigenvalue weighted by molar-refractivity contribution is 5.66. The molecule has 0 unspecified atom stereocenters. The van der Waals surface area contributed by atoms with Gasteiger partial charge in [0.15, 0.2) is 0 Å². The Balaban J connectivity index is 2.20. The van der Waals surface area contributed by atoms with E-state index in [0.717, 1.165) is 32.2 Å². The number of aromatic amines is 1. The molecule has 0 bridgehead atoms. The van der Waals surface area contributed by atoms with Crippen LogP contribution in [0.2, 0.25) is 0 Å². The van der Waals surface area contributed by atoms with E-state index in [4.69, 9.17) is 5.11 Å². The summed E-state index contributed by atoms with van der Waals surface area (Å²) in [7, 11) is 0. The Bertz CT molecular complexity index is 457. The van der Waals surface area contributed by atoms with Crippen molar-refractivity contribution in [2.75, 3.05) is 11.9 Å². The third kappa shape index (κ3) is 6.59. The van der Waals surface area contributed by atoms with Crippen LogP contribution < -0.4 is 10.9 Å². The molecule has 0 spiro atoms. The number of nitrogens with zero attached hydrogens (tertiary/aromatic N) is 1. The highest BCUT2D eigenvalue weighted by atomic mass is 16.4. The zero-order chi connectivity index (χ0) is 14.1. The lowest BCUT2D eigenvalue weighted by Crippen LogP contribution is -2.13. The molecule has 0 aliphatic rings. The number of hydrogen-bond donors (Lipinski definition) is 3. The van der Waals surface area contributed by atoms with Crippen molar-refractivity contribution in [2.24, 2.45) is 0 Å². The van der Waals surface area contributed by atoms with Crippen LogP contribution in [0.4, 0.5) is 5.82 Å². The molecule has 0 atom stereocenters. The number of nitrogens with one attached hydrogen (secondary N) is 2. The molecule has 106 valence electrons. The maximum Gasteiger partial charge on any atom is 0.303 e. The van der Waals surface area contributed by atoms with Crippen LogP contribution in [0.5, 0.6) is 0 Å². The van der Waals surface area contributed by atoms with Crippen molar-refractivity contribution < 1.29 is 9.90 Å². The monoisotopic (exact) mass is 267 g/mol. The normalized spacial score (nSPS) is 10.4. The van der Waals surface area contributed by atoms with Crippen molar-refractivity contribution in [3.63, 3.8) is 0 Å². The molecule has 19 heavy (non-hydrogen) atoms. The third-order valence-electron chi connectivity index (χ3n) is 2.75. The van der Waals surface area contributed by atoms with Gasteiger partial charge in [0.25, 0.3) is 5.56 Å². The van der Waals surface area contributed by atoms with Crippen molar-refractivity contribution >= 4 is 11.8 Å². The zero-order valence-corrected chi connectivity index (χ0v) is 11.2. The van der Waals surface area contributed by atoms with Crippen LogP contribution in [0.1, 0.15) is 44.9 Å². The van der Waals surface area contributed by atoms with Gasteiger partial charge in [-0.1, -0.05) is 19.8 Å². The molecule has 1 heterocycles. The molecule has 0 aromatic carbocycles. The van der Waals surface area contributed by atoms with Crippen LogP contribution in [-0.2, 0) is 11.2 Å². The van der Waals surface area contributed by atoms with Crippen LogP contribution in [0, 0.1) is 0 Å². The van der Waals surface area contributed by atoms with Crippen LogP contribution in [0.15, 0.2) is 10.9 Å². The number of anilines is 1. The molecule has 6 heteroatoms. The largest absolute Gasteiger partial charge is 0.481 e. The lowest BCUT2D eigenvalue weighted by Gasteiger charge is -2.06. The minimum absolute atomic E-state index is 0.143. The number of aliphatic carboxylic acids is 1. The standard InChI is InChI=1S/C13H21N3O3/c1-2-10-15-11(9-12(17)16-10)14-8-6-4-3-5-7-13(18)19/h9H,2-8H2,1H3,(H,18,19)(H2,14,15,16,17). The molecule has 0 saturated carbocycles. The average molecular weight is 267 g/mol. The number of carbonyl (C=O) groups is 1. The predicted octanol–water partition coefficient (Wildman–Crippen LogP) is 1.78. The molecule has 3 N–H and O–H groups in total. The van der Waals surface area contributed by atoms with E-state index in [1.807, 2.05) is 6.92 Å². The van der Waals surface area contributed by atoms with Gasteiger partial charge >= 0.3 is 5.97 Å². The minimum Gasteiger partial charge on any atom is -0.481 e. The molecule has 6 nitrogen and oxygen atoms in total. The van der Waals surface area contributed by atoms with E-state index < -0.39 is 5.97 Å². The van der Waals surface area contributed by atoms with Crippen LogP contribution in [0.25, 0.3) is 0 Å². The third-order valence-corrected chi connectivity index (χ3v) is 2.75. The number of unbranched alkanes of at least 4 members (excludes halogenated alkanes) is 3. The summed E-state index contributed by atoms with van der Waals surface area (Å²) >= 11 is 0. The van der Waals surface area contributed by atoms with Gasteiger partial charge in [0.1, 0.15) is 11.6 Å². The molecule has 0 fully saturated rings. The molecule has 1 aromatic heterocycles. The van der Waals surface area contributed by atoms with Gasteiger partial charge in [-0.3, -0.25) is 9.59 Å². The van der Waals surface area contributed by atoms with Gasteiger partial charge in [-0.25, -0.2) is 4.98 Å². The second-order valence-corrected chi connectivity index (χ2v) is 4.42. The number of H-pyrrole nitrogens is 1. The second-order valence-electron chi connectivity index (χ2n) is 4.42. The lowest BCUT2D eigenvalue weighted by atomic mass is 10.1. The SMILES string of the molecule is CCc1nc(NCCCCCCC(=O)O)cc(=O)[nH]1. The number of hydrogen-bond acceptors (Lipinski definition) is 4. The second kappa shape index (κ2) is 8.29. The Hall–Kier alpha value is -1.85. The zero-order valence-electron chi connectivity index (χ0n) is 11.2. The number of aromatic nitrogens is 2. The summed E-state index contributed by atoms with van der Waals surface area (Å²) < 4.78 is 0. The quantitative estimate of drug-likeness (QED) is 0.593. The Kier molecular flexibility index (Phi) is 6.63. The summed E-state index contributed by atoms with van der Waals surface area (Å²) in [5.74, 6) is 0.542. The highest BCUT2D eigenvalue weighted by Gasteiger charge is 1.99. The van der Waals surface area contributed by atoms with E-state index in [-0.39, 0.29) is 12.0 Å². The number of aryl methyl sites for hydroxylation is 1. The molecule has 1 rings (SSSR count). The van der Waals surface area contributed by atoms with Gasteiger partial charge in [0.2, 0.25) is 0 Å². The number of carboxylic acids is 1. The first-order valence-corrected chi connectivity index (χ1v) is 6.67. The summed E-state index contributed by atoms with van der Waals surface area (Å²) in [6.45, 7) is 2.68. The summed E-state index contributed by atoms with van der Waals surface area (Å²) in [5, 5.41) is 11.6. The fourth-order valence-corrected chi connectivity index (χ4v) is 1.74. The topological polar surface area (TPSA) is 95.1 Å². The van der Waals surface area contributed by atoms with Gasteiger partial charge in [-0.15, -0.1) is 0 Å². The lowest BCUT2D eigenvalue weighted by molar-refractivity contribution is -0.137. The van der Waals surface area contributed by atoms with Gasteiger partial charge in [0.05, 0.1) is 0 Å². The first kappa shape index (κ1) is 15.2. The Morgan fingerprint density at radius 1 is 1.37 bits per heavy atom. The van der Waals surface area contributed by atoms with E-state index in [2.05, 4.69) is 15.3 Å². The summed E-state index contributed by atoms with van der Waals surface area (Å²) in [6.07, 6.45) is 4.48. The Labute approximate surface area is 112 Å². The van der Waals surface area contributed by atoms with E-state index in [1.54, 1.807) is 0 Å². The van der Waals surface area contributed by atoms with Crippen LogP contribution in [-0.4, -0.2) is 27.6 Å². The van der Waals surface area contributed by atoms with Crippen molar-refractivity contribution in [3.05, 3.63) is 22.2 Å². The predicted molar refractivity (Wildman–Crippen MR) is 73.4 cm³/mol. The van der Waals surface area contributed by atoms with E-state index in [0.29, 0.717) is 18.1 Å². The molecule has 0 aliphatic carbocycles. The Morgan fingerprint density at radius 2 is 2.11 bits per heavy atom.